The Morgan fingerprint density at radius 2 is 1.71 bits per heavy atom. The molecule has 1 amide bonds. The van der Waals surface area contributed by atoms with Crippen molar-refractivity contribution in [1.82, 2.24) is 5.32 Å². The van der Waals surface area contributed by atoms with Crippen molar-refractivity contribution in [1.29, 1.82) is 0 Å². The minimum Gasteiger partial charge on any atom is -0.497 e. The highest BCUT2D eigenvalue weighted by atomic mass is 16.5. The second-order valence-electron chi connectivity index (χ2n) is 6.55. The maximum Gasteiger partial charge on any atom is 0.342 e. The Bertz CT molecular complexity index is 791. The van der Waals surface area contributed by atoms with Crippen LogP contribution in [0.2, 0.25) is 0 Å². The fourth-order valence-corrected chi connectivity index (χ4v) is 2.70. The summed E-state index contributed by atoms with van der Waals surface area (Å²) in [6.45, 7) is 3.48. The van der Waals surface area contributed by atoms with Crippen molar-refractivity contribution < 1.29 is 23.8 Å². The second kappa shape index (κ2) is 10.3. The van der Waals surface area contributed by atoms with Crippen LogP contribution in [0.4, 0.5) is 0 Å². The number of esters is 1. The molecule has 150 valence electrons. The zero-order chi connectivity index (χ0) is 20.5. The summed E-state index contributed by atoms with van der Waals surface area (Å²) in [6.07, 6.45) is 0.737. The molecular weight excluding hydrogens is 358 g/mol. The van der Waals surface area contributed by atoms with E-state index < -0.39 is 12.1 Å². The molecule has 6 heteroatoms. The van der Waals surface area contributed by atoms with Crippen LogP contribution in [0.15, 0.2) is 48.5 Å². The Balaban J connectivity index is 1.88. The maximum atomic E-state index is 12.4. The Labute approximate surface area is 165 Å². The van der Waals surface area contributed by atoms with E-state index in [1.807, 2.05) is 25.1 Å². The standard InChI is InChI=1S/C22H27NO5/c1-15(10-11-17-8-6-5-7-9-17)23-21(24)16(2)28-22(25)19-13-12-18(26-3)14-20(19)27-4/h5-9,12-16H,10-11H2,1-4H3,(H,23,24)/t15-,16+/m0/s1. The summed E-state index contributed by atoms with van der Waals surface area (Å²) in [7, 11) is 2.98. The van der Waals surface area contributed by atoms with Gasteiger partial charge in [0.1, 0.15) is 17.1 Å². The van der Waals surface area contributed by atoms with Crippen LogP contribution in [0, 0.1) is 0 Å². The molecule has 2 atom stereocenters. The first kappa shape index (κ1) is 21.3. The van der Waals surface area contributed by atoms with Gasteiger partial charge in [-0.15, -0.1) is 0 Å². The Hall–Kier alpha value is -3.02. The number of benzene rings is 2. The summed E-state index contributed by atoms with van der Waals surface area (Å²) in [5.74, 6) is -0.0694. The first-order valence-electron chi connectivity index (χ1n) is 9.22. The van der Waals surface area contributed by atoms with E-state index in [1.54, 1.807) is 25.1 Å². The van der Waals surface area contributed by atoms with Gasteiger partial charge in [0.2, 0.25) is 0 Å². The van der Waals surface area contributed by atoms with Crippen molar-refractivity contribution >= 4 is 11.9 Å². The minimum absolute atomic E-state index is 0.0376. The predicted molar refractivity (Wildman–Crippen MR) is 107 cm³/mol. The van der Waals surface area contributed by atoms with Crippen LogP contribution in [0.1, 0.15) is 36.2 Å². The lowest BCUT2D eigenvalue weighted by Gasteiger charge is -2.18. The molecule has 2 aromatic rings. The lowest BCUT2D eigenvalue weighted by molar-refractivity contribution is -0.129. The molecule has 2 aromatic carbocycles. The molecule has 0 aliphatic heterocycles. The van der Waals surface area contributed by atoms with Crippen molar-refractivity contribution in [3.8, 4) is 11.5 Å². The summed E-state index contributed by atoms with van der Waals surface area (Å²) in [5, 5.41) is 2.89. The summed E-state index contributed by atoms with van der Waals surface area (Å²) >= 11 is 0. The smallest absolute Gasteiger partial charge is 0.342 e. The summed E-state index contributed by atoms with van der Waals surface area (Å²) in [6, 6.07) is 14.8. The van der Waals surface area contributed by atoms with Crippen LogP contribution in [-0.2, 0) is 16.0 Å². The number of aryl methyl sites for hydroxylation is 1. The number of hydrogen-bond donors (Lipinski definition) is 1. The van der Waals surface area contributed by atoms with E-state index in [0.717, 1.165) is 12.8 Å². The van der Waals surface area contributed by atoms with Crippen LogP contribution in [0.25, 0.3) is 0 Å². The number of amides is 1. The topological polar surface area (TPSA) is 73.9 Å². The van der Waals surface area contributed by atoms with Gasteiger partial charge in [-0.1, -0.05) is 30.3 Å². The average molecular weight is 385 g/mol. The monoisotopic (exact) mass is 385 g/mol. The largest absolute Gasteiger partial charge is 0.497 e. The van der Waals surface area contributed by atoms with Crippen molar-refractivity contribution in [2.24, 2.45) is 0 Å². The van der Waals surface area contributed by atoms with Gasteiger partial charge in [-0.05, 0) is 44.4 Å². The van der Waals surface area contributed by atoms with Gasteiger partial charge >= 0.3 is 5.97 Å². The molecule has 28 heavy (non-hydrogen) atoms. The van der Waals surface area contributed by atoms with E-state index in [2.05, 4.69) is 17.4 Å². The molecule has 2 rings (SSSR count). The second-order valence-corrected chi connectivity index (χ2v) is 6.55. The van der Waals surface area contributed by atoms with Gasteiger partial charge in [0.05, 0.1) is 14.2 Å². The SMILES string of the molecule is COc1ccc(C(=O)O[C@H](C)C(=O)N[C@@H](C)CCc2ccccc2)c(OC)c1. The van der Waals surface area contributed by atoms with Crippen LogP contribution >= 0.6 is 0 Å². The molecule has 0 aliphatic rings. The fraction of sp³-hybridized carbons (Fsp3) is 0.364. The molecule has 0 unspecified atom stereocenters. The zero-order valence-electron chi connectivity index (χ0n) is 16.7. The number of carbonyl (C=O) groups is 2. The molecule has 0 saturated carbocycles. The number of nitrogens with one attached hydrogen (secondary N) is 1. The van der Waals surface area contributed by atoms with Gasteiger partial charge in [0, 0.05) is 12.1 Å². The van der Waals surface area contributed by atoms with Crippen molar-refractivity contribution in [2.45, 2.75) is 38.8 Å². The van der Waals surface area contributed by atoms with Gasteiger partial charge < -0.3 is 19.5 Å². The number of carbonyl (C=O) groups excluding carboxylic acids is 2. The highest BCUT2D eigenvalue weighted by molar-refractivity contribution is 5.94. The van der Waals surface area contributed by atoms with Gasteiger partial charge in [-0.25, -0.2) is 4.79 Å². The van der Waals surface area contributed by atoms with E-state index in [-0.39, 0.29) is 17.5 Å². The molecule has 0 radical (unpaired) electrons. The van der Waals surface area contributed by atoms with Crippen LogP contribution < -0.4 is 14.8 Å². The van der Waals surface area contributed by atoms with Gasteiger partial charge in [0.25, 0.3) is 5.91 Å². The molecule has 0 aromatic heterocycles. The van der Waals surface area contributed by atoms with Crippen molar-refractivity contribution in [3.05, 3.63) is 59.7 Å². The molecular formula is C22H27NO5. The van der Waals surface area contributed by atoms with Gasteiger partial charge in [-0.2, -0.15) is 0 Å². The Morgan fingerprint density at radius 3 is 2.36 bits per heavy atom. The first-order valence-corrected chi connectivity index (χ1v) is 9.22. The molecule has 0 saturated heterocycles. The van der Waals surface area contributed by atoms with Crippen LogP contribution in [0.5, 0.6) is 11.5 Å². The third-order valence-electron chi connectivity index (χ3n) is 4.38. The number of ether oxygens (including phenoxy) is 3. The van der Waals surface area contributed by atoms with E-state index in [4.69, 9.17) is 14.2 Å². The van der Waals surface area contributed by atoms with Crippen LogP contribution in [0.3, 0.4) is 0 Å². The third-order valence-corrected chi connectivity index (χ3v) is 4.38. The third kappa shape index (κ3) is 6.01. The predicted octanol–water partition coefficient (Wildman–Crippen LogP) is 3.39. The van der Waals surface area contributed by atoms with Crippen molar-refractivity contribution in [3.63, 3.8) is 0 Å². The highest BCUT2D eigenvalue weighted by Crippen LogP contribution is 2.25. The summed E-state index contributed by atoms with van der Waals surface area (Å²) in [5.41, 5.74) is 1.45. The molecule has 0 spiro atoms. The van der Waals surface area contributed by atoms with Gasteiger partial charge in [0.15, 0.2) is 6.10 Å². The average Bonchev–Trinajstić information content (AvgIpc) is 2.72. The summed E-state index contributed by atoms with van der Waals surface area (Å²) < 4.78 is 15.6. The number of rotatable bonds is 9. The zero-order valence-corrected chi connectivity index (χ0v) is 16.7. The van der Waals surface area contributed by atoms with E-state index in [9.17, 15) is 9.59 Å². The minimum atomic E-state index is -0.918. The lowest BCUT2D eigenvalue weighted by atomic mass is 10.1. The van der Waals surface area contributed by atoms with E-state index >= 15 is 0 Å². The molecule has 6 nitrogen and oxygen atoms in total. The first-order chi connectivity index (χ1) is 13.4. The fourth-order valence-electron chi connectivity index (χ4n) is 2.70. The van der Waals surface area contributed by atoms with Crippen molar-refractivity contribution in [2.75, 3.05) is 14.2 Å². The lowest BCUT2D eigenvalue weighted by Crippen LogP contribution is -2.41. The molecule has 0 aliphatic carbocycles. The maximum absolute atomic E-state index is 12.4. The Kier molecular flexibility index (Phi) is 7.87. The normalized spacial score (nSPS) is 12.6. The molecule has 0 heterocycles. The van der Waals surface area contributed by atoms with Crippen LogP contribution in [-0.4, -0.2) is 38.2 Å². The quantitative estimate of drug-likeness (QED) is 0.670. The van der Waals surface area contributed by atoms with E-state index in [0.29, 0.717) is 11.5 Å². The molecule has 0 fully saturated rings. The van der Waals surface area contributed by atoms with E-state index in [1.165, 1.54) is 19.8 Å². The Morgan fingerprint density at radius 1 is 1.00 bits per heavy atom. The molecule has 1 N–H and O–H groups in total. The number of methoxy groups -OCH3 is 2. The number of hydrogen-bond acceptors (Lipinski definition) is 5. The van der Waals surface area contributed by atoms with Gasteiger partial charge in [-0.3, -0.25) is 4.79 Å². The highest BCUT2D eigenvalue weighted by Gasteiger charge is 2.22. The summed E-state index contributed by atoms with van der Waals surface area (Å²) in [4.78, 5) is 24.8. The molecule has 0 bridgehead atoms.